The largest absolute Gasteiger partial charge is 0.297 e. The first-order valence-corrected chi connectivity index (χ1v) is 6.92. The Labute approximate surface area is 114 Å². The SMILES string of the molecule is CCC1CCCN(Cc2cccc(C(=O)NN)n2)C1. The second-order valence-electron chi connectivity index (χ2n) is 5.14. The molecule has 19 heavy (non-hydrogen) atoms. The van der Waals surface area contributed by atoms with E-state index in [2.05, 4.69) is 22.2 Å². The third-order valence-electron chi connectivity index (χ3n) is 3.74. The maximum atomic E-state index is 11.4. The number of hydrazine groups is 1. The fourth-order valence-corrected chi connectivity index (χ4v) is 2.63. The molecule has 0 saturated carbocycles. The van der Waals surface area contributed by atoms with Gasteiger partial charge in [0.15, 0.2) is 0 Å². The van der Waals surface area contributed by atoms with Gasteiger partial charge in [-0.1, -0.05) is 19.4 Å². The molecule has 1 aliphatic heterocycles. The van der Waals surface area contributed by atoms with Gasteiger partial charge in [-0.2, -0.15) is 0 Å². The van der Waals surface area contributed by atoms with E-state index in [1.54, 1.807) is 6.07 Å². The highest BCUT2D eigenvalue weighted by Gasteiger charge is 2.19. The summed E-state index contributed by atoms with van der Waals surface area (Å²) < 4.78 is 0. The van der Waals surface area contributed by atoms with Gasteiger partial charge in [0.1, 0.15) is 5.69 Å². The molecule has 5 nitrogen and oxygen atoms in total. The number of carbonyl (C=O) groups excluding carboxylic acids is 1. The van der Waals surface area contributed by atoms with Crippen LogP contribution >= 0.6 is 0 Å². The Bertz CT molecular complexity index is 435. The molecular formula is C14H22N4O. The number of rotatable bonds is 4. The van der Waals surface area contributed by atoms with Crippen molar-refractivity contribution in [1.29, 1.82) is 0 Å². The zero-order chi connectivity index (χ0) is 13.7. The van der Waals surface area contributed by atoms with Gasteiger partial charge >= 0.3 is 0 Å². The molecule has 1 amide bonds. The average Bonchev–Trinajstić information content (AvgIpc) is 2.47. The van der Waals surface area contributed by atoms with Gasteiger partial charge in [0.05, 0.1) is 5.69 Å². The highest BCUT2D eigenvalue weighted by molar-refractivity contribution is 5.91. The summed E-state index contributed by atoms with van der Waals surface area (Å²) in [7, 11) is 0. The van der Waals surface area contributed by atoms with Crippen LogP contribution in [0.4, 0.5) is 0 Å². The molecule has 1 aromatic heterocycles. The van der Waals surface area contributed by atoms with Crippen LogP contribution in [0.1, 0.15) is 42.4 Å². The number of carbonyl (C=O) groups is 1. The quantitative estimate of drug-likeness (QED) is 0.487. The third-order valence-corrected chi connectivity index (χ3v) is 3.74. The van der Waals surface area contributed by atoms with E-state index in [4.69, 9.17) is 5.84 Å². The minimum Gasteiger partial charge on any atom is -0.297 e. The van der Waals surface area contributed by atoms with Crippen molar-refractivity contribution in [3.05, 3.63) is 29.6 Å². The number of nitrogens with one attached hydrogen (secondary N) is 1. The van der Waals surface area contributed by atoms with Gasteiger partial charge < -0.3 is 0 Å². The number of hydrogen-bond donors (Lipinski definition) is 2. The summed E-state index contributed by atoms with van der Waals surface area (Å²) in [5.74, 6) is 5.58. The number of pyridine rings is 1. The predicted molar refractivity (Wildman–Crippen MR) is 74.2 cm³/mol. The lowest BCUT2D eigenvalue weighted by Crippen LogP contribution is -2.35. The predicted octanol–water partition coefficient (Wildman–Crippen LogP) is 1.31. The Morgan fingerprint density at radius 1 is 1.58 bits per heavy atom. The molecule has 1 atom stereocenters. The molecule has 0 radical (unpaired) electrons. The van der Waals surface area contributed by atoms with E-state index in [1.807, 2.05) is 12.1 Å². The fraction of sp³-hybridized carbons (Fsp3) is 0.571. The Morgan fingerprint density at radius 2 is 2.42 bits per heavy atom. The molecule has 0 aliphatic carbocycles. The highest BCUT2D eigenvalue weighted by Crippen LogP contribution is 2.20. The van der Waals surface area contributed by atoms with Crippen molar-refractivity contribution >= 4 is 5.91 Å². The van der Waals surface area contributed by atoms with Crippen molar-refractivity contribution in [3.63, 3.8) is 0 Å². The van der Waals surface area contributed by atoms with Crippen LogP contribution in [-0.4, -0.2) is 28.9 Å². The summed E-state index contributed by atoms with van der Waals surface area (Å²) >= 11 is 0. The van der Waals surface area contributed by atoms with E-state index >= 15 is 0 Å². The van der Waals surface area contributed by atoms with Gasteiger partial charge in [-0.15, -0.1) is 0 Å². The van der Waals surface area contributed by atoms with Crippen molar-refractivity contribution in [2.45, 2.75) is 32.7 Å². The van der Waals surface area contributed by atoms with E-state index in [9.17, 15) is 4.79 Å². The summed E-state index contributed by atoms with van der Waals surface area (Å²) in [4.78, 5) is 18.2. The maximum Gasteiger partial charge on any atom is 0.283 e. The molecule has 1 unspecified atom stereocenters. The second kappa shape index (κ2) is 6.63. The van der Waals surface area contributed by atoms with E-state index < -0.39 is 0 Å². The molecule has 2 heterocycles. The Morgan fingerprint density at radius 3 is 3.16 bits per heavy atom. The zero-order valence-corrected chi connectivity index (χ0v) is 11.4. The van der Waals surface area contributed by atoms with E-state index in [0.717, 1.165) is 31.2 Å². The lowest BCUT2D eigenvalue weighted by Gasteiger charge is -2.31. The van der Waals surface area contributed by atoms with Crippen LogP contribution < -0.4 is 11.3 Å². The first kappa shape index (κ1) is 14.0. The first-order valence-electron chi connectivity index (χ1n) is 6.92. The molecule has 0 aromatic carbocycles. The van der Waals surface area contributed by atoms with Gasteiger partial charge in [-0.3, -0.25) is 15.1 Å². The average molecular weight is 262 g/mol. The van der Waals surface area contributed by atoms with Gasteiger partial charge in [0, 0.05) is 13.1 Å². The Balaban J connectivity index is 2.00. The molecule has 2 rings (SSSR count). The van der Waals surface area contributed by atoms with Crippen LogP contribution in [0.2, 0.25) is 0 Å². The minimum absolute atomic E-state index is 0.341. The van der Waals surface area contributed by atoms with Crippen molar-refractivity contribution in [3.8, 4) is 0 Å². The summed E-state index contributed by atoms with van der Waals surface area (Å²) in [5, 5.41) is 0. The van der Waals surface area contributed by atoms with E-state index in [0.29, 0.717) is 5.69 Å². The lowest BCUT2D eigenvalue weighted by atomic mass is 9.95. The Kier molecular flexibility index (Phi) is 4.87. The second-order valence-corrected chi connectivity index (χ2v) is 5.14. The van der Waals surface area contributed by atoms with Crippen LogP contribution in [0.15, 0.2) is 18.2 Å². The molecular weight excluding hydrogens is 240 g/mol. The van der Waals surface area contributed by atoms with Crippen molar-refractivity contribution < 1.29 is 4.79 Å². The standard InChI is InChI=1S/C14H22N4O/c1-2-11-5-4-8-18(9-11)10-12-6-3-7-13(16-12)14(19)17-15/h3,6-7,11H,2,4-5,8-10,15H2,1H3,(H,17,19). The number of aromatic nitrogens is 1. The number of amides is 1. The van der Waals surface area contributed by atoms with Crippen molar-refractivity contribution in [1.82, 2.24) is 15.3 Å². The molecule has 0 spiro atoms. The number of nitrogen functional groups attached to an aromatic ring is 1. The fourth-order valence-electron chi connectivity index (χ4n) is 2.63. The minimum atomic E-state index is -0.341. The maximum absolute atomic E-state index is 11.4. The van der Waals surface area contributed by atoms with Crippen LogP contribution in [0.3, 0.4) is 0 Å². The van der Waals surface area contributed by atoms with Gasteiger partial charge in [0.2, 0.25) is 0 Å². The molecule has 1 aromatic rings. The zero-order valence-electron chi connectivity index (χ0n) is 11.4. The molecule has 1 fully saturated rings. The summed E-state index contributed by atoms with van der Waals surface area (Å²) in [6.45, 7) is 5.30. The molecule has 0 bridgehead atoms. The molecule has 5 heteroatoms. The number of piperidine rings is 1. The highest BCUT2D eigenvalue weighted by atomic mass is 16.2. The number of nitrogens with two attached hydrogens (primary N) is 1. The molecule has 1 saturated heterocycles. The summed E-state index contributed by atoms with van der Waals surface area (Å²) in [6.07, 6.45) is 3.82. The topological polar surface area (TPSA) is 71.2 Å². The lowest BCUT2D eigenvalue weighted by molar-refractivity contribution is 0.0948. The molecule has 1 aliphatic rings. The van der Waals surface area contributed by atoms with Crippen LogP contribution in [0.5, 0.6) is 0 Å². The smallest absolute Gasteiger partial charge is 0.283 e. The van der Waals surface area contributed by atoms with Gasteiger partial charge in [-0.25, -0.2) is 10.8 Å². The number of nitrogens with zero attached hydrogens (tertiary/aromatic N) is 2. The summed E-state index contributed by atoms with van der Waals surface area (Å²) in [6, 6.07) is 5.49. The van der Waals surface area contributed by atoms with Crippen LogP contribution in [0, 0.1) is 5.92 Å². The molecule has 104 valence electrons. The van der Waals surface area contributed by atoms with Crippen LogP contribution in [-0.2, 0) is 6.54 Å². The normalized spacial score (nSPS) is 20.2. The number of likely N-dealkylation sites (tertiary alicyclic amines) is 1. The van der Waals surface area contributed by atoms with E-state index in [1.165, 1.54) is 19.3 Å². The number of hydrogen-bond acceptors (Lipinski definition) is 4. The van der Waals surface area contributed by atoms with Gasteiger partial charge in [-0.05, 0) is 37.4 Å². The van der Waals surface area contributed by atoms with Crippen molar-refractivity contribution in [2.24, 2.45) is 11.8 Å². The van der Waals surface area contributed by atoms with E-state index in [-0.39, 0.29) is 5.91 Å². The Hall–Kier alpha value is -1.46. The monoisotopic (exact) mass is 262 g/mol. The molecule has 3 N–H and O–H groups in total. The first-order chi connectivity index (χ1) is 9.22. The third kappa shape index (κ3) is 3.75. The van der Waals surface area contributed by atoms with Crippen LogP contribution in [0.25, 0.3) is 0 Å². The summed E-state index contributed by atoms with van der Waals surface area (Å²) in [5.41, 5.74) is 3.42. The van der Waals surface area contributed by atoms with Gasteiger partial charge in [0.25, 0.3) is 5.91 Å². The van der Waals surface area contributed by atoms with Crippen molar-refractivity contribution in [2.75, 3.05) is 13.1 Å².